The van der Waals surface area contributed by atoms with Crippen LogP contribution in [0.2, 0.25) is 0 Å². The lowest BCUT2D eigenvalue weighted by molar-refractivity contribution is -0.143. The second-order valence-corrected chi connectivity index (χ2v) is 6.04. The molecule has 0 radical (unpaired) electrons. The van der Waals surface area contributed by atoms with Gasteiger partial charge in [-0.1, -0.05) is 42.5 Å². The summed E-state index contributed by atoms with van der Waals surface area (Å²) in [6.07, 6.45) is 0. The molecule has 142 valence electrons. The van der Waals surface area contributed by atoms with Gasteiger partial charge in [-0.15, -0.1) is 0 Å². The number of rotatable bonds is 6. The maximum Gasteiger partial charge on any atom is 0.337 e. The van der Waals surface area contributed by atoms with E-state index < -0.39 is 36.1 Å². The van der Waals surface area contributed by atoms with E-state index >= 15 is 0 Å². The van der Waals surface area contributed by atoms with Crippen LogP contribution in [-0.2, 0) is 20.9 Å². The van der Waals surface area contributed by atoms with Crippen LogP contribution in [0.4, 0.5) is 4.79 Å². The Morgan fingerprint density at radius 3 is 2.00 bits per heavy atom. The Balaban J connectivity index is 1.72. The number of amides is 4. The van der Waals surface area contributed by atoms with Gasteiger partial charge in [-0.25, -0.2) is 14.5 Å². The molecular weight excluding hydrogens is 364 g/mol. The zero-order valence-corrected chi connectivity index (χ0v) is 15.0. The lowest BCUT2D eigenvalue weighted by Crippen LogP contribution is -2.36. The van der Waals surface area contributed by atoms with Crippen molar-refractivity contribution in [1.82, 2.24) is 9.80 Å². The van der Waals surface area contributed by atoms with E-state index in [1.807, 2.05) is 0 Å². The van der Waals surface area contributed by atoms with Crippen molar-refractivity contribution in [3.63, 3.8) is 0 Å². The molecule has 0 bridgehead atoms. The van der Waals surface area contributed by atoms with Gasteiger partial charge in [0.15, 0.2) is 5.78 Å². The number of urea groups is 1. The molecular formula is C20H16N2O6. The van der Waals surface area contributed by atoms with Crippen LogP contribution in [0.15, 0.2) is 54.6 Å². The van der Waals surface area contributed by atoms with Crippen LogP contribution in [0.25, 0.3) is 0 Å². The molecule has 0 spiro atoms. The molecule has 2 aromatic carbocycles. The van der Waals surface area contributed by atoms with E-state index in [1.54, 1.807) is 30.3 Å². The number of nitrogens with zero attached hydrogens (tertiary/aromatic N) is 2. The number of benzene rings is 2. The summed E-state index contributed by atoms with van der Waals surface area (Å²) < 4.78 is 4.58. The number of esters is 1. The zero-order chi connectivity index (χ0) is 20.3. The Labute approximate surface area is 160 Å². The van der Waals surface area contributed by atoms with Crippen LogP contribution in [0.3, 0.4) is 0 Å². The summed E-state index contributed by atoms with van der Waals surface area (Å²) in [7, 11) is 1.24. The van der Waals surface area contributed by atoms with Crippen molar-refractivity contribution >= 4 is 29.6 Å². The van der Waals surface area contributed by atoms with E-state index in [0.717, 1.165) is 4.90 Å². The molecule has 2 aromatic rings. The first-order valence-electron chi connectivity index (χ1n) is 8.35. The van der Waals surface area contributed by atoms with Crippen LogP contribution >= 0.6 is 0 Å². The summed E-state index contributed by atoms with van der Waals surface area (Å²) in [6, 6.07) is 13.5. The molecule has 0 aliphatic carbocycles. The van der Waals surface area contributed by atoms with Gasteiger partial charge >= 0.3 is 23.8 Å². The number of carbonyl (C=O) groups excluding carboxylic acids is 5. The Hall–Kier alpha value is -3.81. The van der Waals surface area contributed by atoms with E-state index in [4.69, 9.17) is 0 Å². The van der Waals surface area contributed by atoms with Crippen LogP contribution in [0.5, 0.6) is 0 Å². The molecule has 1 aliphatic heterocycles. The first-order valence-corrected chi connectivity index (χ1v) is 8.35. The summed E-state index contributed by atoms with van der Waals surface area (Å²) in [5.74, 6) is -3.10. The number of ketones is 1. The topological polar surface area (TPSA) is 101 Å². The third-order valence-electron chi connectivity index (χ3n) is 4.25. The molecule has 8 nitrogen and oxygen atoms in total. The summed E-state index contributed by atoms with van der Waals surface area (Å²) in [6.45, 7) is -0.616. The van der Waals surface area contributed by atoms with Crippen molar-refractivity contribution in [3.8, 4) is 0 Å². The number of ether oxygens (including phenoxy) is 1. The van der Waals surface area contributed by atoms with E-state index in [0.29, 0.717) is 10.5 Å². The Bertz CT molecular complexity index is 952. The summed E-state index contributed by atoms with van der Waals surface area (Å²) in [5, 5.41) is 0. The fourth-order valence-electron chi connectivity index (χ4n) is 2.74. The fourth-order valence-corrected chi connectivity index (χ4v) is 2.74. The average molecular weight is 380 g/mol. The molecule has 0 N–H and O–H groups in total. The van der Waals surface area contributed by atoms with Gasteiger partial charge in [0.2, 0.25) is 0 Å². The number of carbonyl (C=O) groups is 5. The van der Waals surface area contributed by atoms with E-state index in [2.05, 4.69) is 4.74 Å². The van der Waals surface area contributed by atoms with Gasteiger partial charge in [0, 0.05) is 5.56 Å². The number of hydrogen-bond donors (Lipinski definition) is 0. The van der Waals surface area contributed by atoms with Gasteiger partial charge in [0.1, 0.15) is 0 Å². The first-order chi connectivity index (χ1) is 13.4. The van der Waals surface area contributed by atoms with Crippen LogP contribution < -0.4 is 0 Å². The second kappa shape index (κ2) is 7.83. The standard InChI is InChI=1S/C20H16N2O6/c1-28-19(26)15-9-7-14(8-10-15)16(23)12-22-18(25)17(24)21(20(22)27)11-13-5-3-2-4-6-13/h2-10H,11-12H2,1H3. The molecule has 8 heteroatoms. The molecule has 28 heavy (non-hydrogen) atoms. The molecule has 0 saturated carbocycles. The third-order valence-corrected chi connectivity index (χ3v) is 4.25. The monoisotopic (exact) mass is 380 g/mol. The smallest absolute Gasteiger partial charge is 0.337 e. The Morgan fingerprint density at radius 2 is 1.39 bits per heavy atom. The van der Waals surface area contributed by atoms with Crippen LogP contribution in [-0.4, -0.2) is 53.1 Å². The maximum atomic E-state index is 12.5. The summed E-state index contributed by atoms with van der Waals surface area (Å²) in [4.78, 5) is 62.1. The largest absolute Gasteiger partial charge is 0.465 e. The van der Waals surface area contributed by atoms with Crippen LogP contribution in [0, 0.1) is 0 Å². The van der Waals surface area contributed by atoms with Crippen molar-refractivity contribution < 1.29 is 28.7 Å². The minimum atomic E-state index is -1.04. The van der Waals surface area contributed by atoms with E-state index in [-0.39, 0.29) is 17.7 Å². The van der Waals surface area contributed by atoms with Gasteiger partial charge in [-0.05, 0) is 17.7 Å². The highest BCUT2D eigenvalue weighted by Gasteiger charge is 2.45. The summed E-state index contributed by atoms with van der Waals surface area (Å²) >= 11 is 0. The van der Waals surface area contributed by atoms with Crippen molar-refractivity contribution in [1.29, 1.82) is 0 Å². The molecule has 1 aliphatic rings. The SMILES string of the molecule is COC(=O)c1ccc(C(=O)CN2C(=O)C(=O)N(Cc3ccccc3)C2=O)cc1. The predicted octanol–water partition coefficient (Wildman–Crippen LogP) is 1.65. The van der Waals surface area contributed by atoms with Gasteiger partial charge in [0.05, 0.1) is 25.8 Å². The molecule has 0 aromatic heterocycles. The first kappa shape index (κ1) is 19.0. The lowest BCUT2D eigenvalue weighted by atomic mass is 10.1. The van der Waals surface area contributed by atoms with Crippen molar-refractivity contribution in [2.75, 3.05) is 13.7 Å². The molecule has 4 amide bonds. The van der Waals surface area contributed by atoms with E-state index in [1.165, 1.54) is 31.4 Å². The van der Waals surface area contributed by atoms with Crippen LogP contribution in [0.1, 0.15) is 26.3 Å². The third kappa shape index (κ3) is 3.66. The average Bonchev–Trinajstić information content (AvgIpc) is 2.92. The number of methoxy groups -OCH3 is 1. The minimum Gasteiger partial charge on any atom is -0.465 e. The van der Waals surface area contributed by atoms with E-state index in [9.17, 15) is 24.0 Å². The van der Waals surface area contributed by atoms with Crippen molar-refractivity contribution in [3.05, 3.63) is 71.3 Å². The molecule has 1 fully saturated rings. The normalized spacial score (nSPS) is 13.8. The highest BCUT2D eigenvalue weighted by Crippen LogP contribution is 2.17. The molecule has 1 heterocycles. The molecule has 1 saturated heterocycles. The minimum absolute atomic E-state index is 0.0528. The number of imide groups is 2. The van der Waals surface area contributed by atoms with Gasteiger partial charge in [-0.3, -0.25) is 19.3 Å². The predicted molar refractivity (Wildman–Crippen MR) is 96.2 cm³/mol. The number of Topliss-reactive ketones (excluding diaryl/α,β-unsaturated/α-hetero) is 1. The van der Waals surface area contributed by atoms with Crippen molar-refractivity contribution in [2.45, 2.75) is 6.54 Å². The highest BCUT2D eigenvalue weighted by atomic mass is 16.5. The fraction of sp³-hybridized carbons (Fsp3) is 0.150. The molecule has 3 rings (SSSR count). The highest BCUT2D eigenvalue weighted by molar-refractivity contribution is 6.45. The molecule has 0 atom stereocenters. The van der Waals surface area contributed by atoms with Gasteiger partial charge in [0.25, 0.3) is 0 Å². The summed E-state index contributed by atoms with van der Waals surface area (Å²) in [5.41, 5.74) is 1.14. The van der Waals surface area contributed by atoms with Gasteiger partial charge in [-0.2, -0.15) is 0 Å². The van der Waals surface area contributed by atoms with Gasteiger partial charge < -0.3 is 4.74 Å². The van der Waals surface area contributed by atoms with Crippen molar-refractivity contribution in [2.24, 2.45) is 0 Å². The zero-order valence-electron chi connectivity index (χ0n) is 15.0. The maximum absolute atomic E-state index is 12.5. The lowest BCUT2D eigenvalue weighted by Gasteiger charge is -2.15. The molecule has 0 unspecified atom stereocenters. The Morgan fingerprint density at radius 1 is 0.821 bits per heavy atom. The quantitative estimate of drug-likeness (QED) is 0.327. The second-order valence-electron chi connectivity index (χ2n) is 6.04. The Kier molecular flexibility index (Phi) is 5.30. The number of hydrogen-bond acceptors (Lipinski definition) is 6.